The highest BCUT2D eigenvalue weighted by atomic mass is 16.1. The van der Waals surface area contributed by atoms with Gasteiger partial charge in [-0.1, -0.05) is 55.3 Å². The summed E-state index contributed by atoms with van der Waals surface area (Å²) in [4.78, 5) is 13.0. The van der Waals surface area contributed by atoms with Gasteiger partial charge in [0.25, 0.3) is 5.91 Å². The molecular formula is C24H29N3O. The van der Waals surface area contributed by atoms with E-state index in [1.165, 1.54) is 16.7 Å². The summed E-state index contributed by atoms with van der Waals surface area (Å²) in [7, 11) is 0. The van der Waals surface area contributed by atoms with E-state index in [0.29, 0.717) is 18.0 Å². The van der Waals surface area contributed by atoms with Gasteiger partial charge in [0.15, 0.2) is 0 Å². The number of benzene rings is 2. The third-order valence-corrected chi connectivity index (χ3v) is 4.75. The standard InChI is InChI=1S/C24H29N3O/c1-17(2)11-23(22-13-18(3)12-19(4)14-22)26-24(28)21-8-5-7-20(15-21)16-27-10-6-9-25-27/h5-10,12-15,17,23H,11,16H2,1-4H3,(H,26,28). The van der Waals surface area contributed by atoms with Crippen LogP contribution in [0.25, 0.3) is 0 Å². The van der Waals surface area contributed by atoms with Gasteiger partial charge in [0.2, 0.25) is 0 Å². The Labute approximate surface area is 167 Å². The molecule has 3 rings (SSSR count). The Morgan fingerprint density at radius 2 is 1.82 bits per heavy atom. The molecule has 146 valence electrons. The molecule has 0 saturated heterocycles. The van der Waals surface area contributed by atoms with Crippen molar-refractivity contribution in [1.29, 1.82) is 0 Å². The number of rotatable bonds is 7. The predicted molar refractivity (Wildman–Crippen MR) is 113 cm³/mol. The number of aryl methyl sites for hydroxylation is 2. The van der Waals surface area contributed by atoms with Gasteiger partial charge in [-0.25, -0.2) is 0 Å². The number of hydrogen-bond acceptors (Lipinski definition) is 2. The predicted octanol–water partition coefficient (Wildman–Crippen LogP) is 5.07. The fraction of sp³-hybridized carbons (Fsp3) is 0.333. The summed E-state index contributed by atoms with van der Waals surface area (Å²) in [6.07, 6.45) is 4.59. The van der Waals surface area contributed by atoms with Crippen LogP contribution in [0, 0.1) is 19.8 Å². The van der Waals surface area contributed by atoms with Crippen molar-refractivity contribution >= 4 is 5.91 Å². The quantitative estimate of drug-likeness (QED) is 0.627. The number of hydrogen-bond donors (Lipinski definition) is 1. The molecule has 0 aliphatic rings. The smallest absolute Gasteiger partial charge is 0.251 e. The Kier molecular flexibility index (Phi) is 6.30. The largest absolute Gasteiger partial charge is 0.345 e. The molecule has 1 amide bonds. The fourth-order valence-corrected chi connectivity index (χ4v) is 3.59. The van der Waals surface area contributed by atoms with Gasteiger partial charge in [0.05, 0.1) is 12.6 Å². The summed E-state index contributed by atoms with van der Waals surface area (Å²) in [5, 5.41) is 7.50. The van der Waals surface area contributed by atoms with Crippen molar-refractivity contribution in [2.45, 2.75) is 46.7 Å². The number of nitrogens with one attached hydrogen (secondary N) is 1. The lowest BCUT2D eigenvalue weighted by Crippen LogP contribution is -2.29. The lowest BCUT2D eigenvalue weighted by molar-refractivity contribution is 0.0932. The van der Waals surface area contributed by atoms with E-state index in [9.17, 15) is 4.79 Å². The zero-order valence-corrected chi connectivity index (χ0v) is 17.1. The summed E-state index contributed by atoms with van der Waals surface area (Å²) in [6, 6.07) is 16.2. The van der Waals surface area contributed by atoms with Crippen molar-refractivity contribution in [2.75, 3.05) is 0 Å². The topological polar surface area (TPSA) is 46.9 Å². The van der Waals surface area contributed by atoms with Crippen LogP contribution in [0.3, 0.4) is 0 Å². The first kappa shape index (κ1) is 19.9. The third-order valence-electron chi connectivity index (χ3n) is 4.75. The summed E-state index contributed by atoms with van der Waals surface area (Å²) >= 11 is 0. The average molecular weight is 376 g/mol. The molecule has 0 spiro atoms. The Hall–Kier alpha value is -2.88. The molecule has 3 aromatic rings. The van der Waals surface area contributed by atoms with E-state index in [1.54, 1.807) is 6.20 Å². The van der Waals surface area contributed by atoms with Crippen molar-refractivity contribution in [1.82, 2.24) is 15.1 Å². The second-order valence-electron chi connectivity index (χ2n) is 7.98. The first-order valence-electron chi connectivity index (χ1n) is 9.86. The molecular weight excluding hydrogens is 346 g/mol. The molecule has 28 heavy (non-hydrogen) atoms. The normalized spacial score (nSPS) is 12.2. The lowest BCUT2D eigenvalue weighted by Gasteiger charge is -2.22. The molecule has 1 N–H and O–H groups in total. The van der Waals surface area contributed by atoms with E-state index >= 15 is 0 Å². The molecule has 0 saturated carbocycles. The van der Waals surface area contributed by atoms with E-state index in [-0.39, 0.29) is 11.9 Å². The minimum Gasteiger partial charge on any atom is -0.345 e. The Bertz CT molecular complexity index is 909. The van der Waals surface area contributed by atoms with Crippen LogP contribution in [-0.2, 0) is 6.54 Å². The van der Waals surface area contributed by atoms with Gasteiger partial charge in [0, 0.05) is 18.0 Å². The molecule has 1 unspecified atom stereocenters. The summed E-state index contributed by atoms with van der Waals surface area (Å²) in [6.45, 7) is 9.23. The van der Waals surface area contributed by atoms with Crippen LogP contribution >= 0.6 is 0 Å². The van der Waals surface area contributed by atoms with Crippen LogP contribution in [0.2, 0.25) is 0 Å². The van der Waals surface area contributed by atoms with Crippen LogP contribution in [0.15, 0.2) is 60.9 Å². The minimum atomic E-state index is -0.0351. The molecule has 4 nitrogen and oxygen atoms in total. The van der Waals surface area contributed by atoms with Gasteiger partial charge in [-0.15, -0.1) is 0 Å². The molecule has 2 aromatic carbocycles. The Morgan fingerprint density at radius 3 is 2.46 bits per heavy atom. The minimum absolute atomic E-state index is 0.000807. The maximum atomic E-state index is 13.0. The lowest BCUT2D eigenvalue weighted by atomic mass is 9.94. The van der Waals surface area contributed by atoms with E-state index in [2.05, 4.69) is 56.3 Å². The first-order valence-corrected chi connectivity index (χ1v) is 9.86. The van der Waals surface area contributed by atoms with E-state index < -0.39 is 0 Å². The number of amides is 1. The van der Waals surface area contributed by atoms with Crippen molar-refractivity contribution < 1.29 is 4.79 Å². The van der Waals surface area contributed by atoms with Crippen molar-refractivity contribution in [3.05, 3.63) is 88.7 Å². The first-order chi connectivity index (χ1) is 13.4. The van der Waals surface area contributed by atoms with Gasteiger partial charge in [-0.05, 0) is 55.5 Å². The number of carbonyl (C=O) groups is 1. The SMILES string of the molecule is Cc1cc(C)cc(C(CC(C)C)NC(=O)c2cccc(Cn3cccn3)c2)c1. The van der Waals surface area contributed by atoms with Crippen molar-refractivity contribution in [3.8, 4) is 0 Å². The monoisotopic (exact) mass is 375 g/mol. The Morgan fingerprint density at radius 1 is 1.07 bits per heavy atom. The fourth-order valence-electron chi connectivity index (χ4n) is 3.59. The van der Waals surface area contributed by atoms with Crippen molar-refractivity contribution in [3.63, 3.8) is 0 Å². The number of carbonyl (C=O) groups excluding carboxylic acids is 1. The second-order valence-corrected chi connectivity index (χ2v) is 7.98. The molecule has 0 fully saturated rings. The molecule has 1 atom stereocenters. The molecule has 0 bridgehead atoms. The molecule has 0 radical (unpaired) electrons. The summed E-state index contributed by atoms with van der Waals surface area (Å²) in [5.41, 5.74) is 5.36. The summed E-state index contributed by atoms with van der Waals surface area (Å²) < 4.78 is 1.86. The van der Waals surface area contributed by atoms with Crippen LogP contribution in [0.4, 0.5) is 0 Å². The van der Waals surface area contributed by atoms with Crippen LogP contribution in [-0.4, -0.2) is 15.7 Å². The zero-order valence-electron chi connectivity index (χ0n) is 17.1. The molecule has 1 heterocycles. The maximum absolute atomic E-state index is 13.0. The van der Waals surface area contributed by atoms with E-state index in [0.717, 1.165) is 12.0 Å². The van der Waals surface area contributed by atoms with Crippen LogP contribution in [0.1, 0.15) is 58.9 Å². The van der Waals surface area contributed by atoms with E-state index in [4.69, 9.17) is 0 Å². The highest BCUT2D eigenvalue weighted by molar-refractivity contribution is 5.94. The molecule has 1 aromatic heterocycles. The van der Waals surface area contributed by atoms with Crippen molar-refractivity contribution in [2.24, 2.45) is 5.92 Å². The third kappa shape index (κ3) is 5.32. The Balaban J connectivity index is 1.79. The highest BCUT2D eigenvalue weighted by Gasteiger charge is 2.18. The summed E-state index contributed by atoms with van der Waals surface area (Å²) in [5.74, 6) is 0.449. The molecule has 0 aliphatic carbocycles. The average Bonchev–Trinajstić information content (AvgIpc) is 3.13. The van der Waals surface area contributed by atoms with E-state index in [1.807, 2.05) is 41.2 Å². The highest BCUT2D eigenvalue weighted by Crippen LogP contribution is 2.24. The van der Waals surface area contributed by atoms with Crippen LogP contribution < -0.4 is 5.32 Å². The maximum Gasteiger partial charge on any atom is 0.251 e. The van der Waals surface area contributed by atoms with Gasteiger partial charge < -0.3 is 5.32 Å². The molecule has 0 aliphatic heterocycles. The van der Waals surface area contributed by atoms with Gasteiger partial charge in [-0.3, -0.25) is 9.48 Å². The number of aromatic nitrogens is 2. The second kappa shape index (κ2) is 8.87. The van der Waals surface area contributed by atoms with Crippen LogP contribution in [0.5, 0.6) is 0 Å². The van der Waals surface area contributed by atoms with Gasteiger partial charge in [0.1, 0.15) is 0 Å². The molecule has 4 heteroatoms. The number of nitrogens with zero attached hydrogens (tertiary/aromatic N) is 2. The zero-order chi connectivity index (χ0) is 20.1. The van der Waals surface area contributed by atoms with Gasteiger partial charge >= 0.3 is 0 Å². The van der Waals surface area contributed by atoms with Gasteiger partial charge in [-0.2, -0.15) is 5.10 Å².